The van der Waals surface area contributed by atoms with Crippen LogP contribution in [0.4, 0.5) is 0 Å². The second kappa shape index (κ2) is 7.43. The molecule has 0 rings (SSSR count). The monoisotopic (exact) mass is 254 g/mol. The van der Waals surface area contributed by atoms with Crippen LogP contribution in [0.2, 0.25) is 0 Å². The smallest absolute Gasteiger partial charge is 0.326 e. The first-order valence-electron chi connectivity index (χ1n) is 4.74. The standard InChI is InChI=1S/C9H18N2O4.ClH/c1-4(2)7(9(14)15)11-8(13)6(10)5(3)12;/h4-7,12H,10H2,1-3H3,(H,11,13)(H,14,15);1H. The van der Waals surface area contributed by atoms with E-state index in [1.54, 1.807) is 13.8 Å². The molecule has 0 saturated heterocycles. The number of aliphatic hydroxyl groups is 1. The molecular weight excluding hydrogens is 236 g/mol. The van der Waals surface area contributed by atoms with Gasteiger partial charge in [-0.3, -0.25) is 4.79 Å². The highest BCUT2D eigenvalue weighted by Gasteiger charge is 2.27. The first-order valence-corrected chi connectivity index (χ1v) is 4.74. The van der Waals surface area contributed by atoms with Crippen molar-refractivity contribution in [2.24, 2.45) is 11.7 Å². The fourth-order valence-electron chi connectivity index (χ4n) is 0.982. The minimum Gasteiger partial charge on any atom is -0.480 e. The quantitative estimate of drug-likeness (QED) is 0.520. The van der Waals surface area contributed by atoms with Gasteiger partial charge >= 0.3 is 5.97 Å². The summed E-state index contributed by atoms with van der Waals surface area (Å²) in [7, 11) is 0. The van der Waals surface area contributed by atoms with Gasteiger partial charge in [-0.2, -0.15) is 0 Å². The molecule has 0 aromatic heterocycles. The summed E-state index contributed by atoms with van der Waals surface area (Å²) in [5, 5.41) is 20.1. The Balaban J connectivity index is 0. The lowest BCUT2D eigenvalue weighted by atomic mass is 10.0. The largest absolute Gasteiger partial charge is 0.480 e. The number of aliphatic carboxylic acids is 1. The number of aliphatic hydroxyl groups excluding tert-OH is 1. The van der Waals surface area contributed by atoms with Crippen LogP contribution in [-0.4, -0.2) is 40.3 Å². The molecule has 0 aliphatic heterocycles. The number of carboxylic acid groups (broad SMARTS) is 1. The van der Waals surface area contributed by atoms with E-state index >= 15 is 0 Å². The van der Waals surface area contributed by atoms with Crippen molar-refractivity contribution in [3.05, 3.63) is 0 Å². The maximum atomic E-state index is 11.3. The van der Waals surface area contributed by atoms with Crippen LogP contribution < -0.4 is 11.1 Å². The van der Waals surface area contributed by atoms with Crippen molar-refractivity contribution < 1.29 is 19.8 Å². The third kappa shape index (κ3) is 5.29. The van der Waals surface area contributed by atoms with Crippen molar-refractivity contribution in [2.75, 3.05) is 0 Å². The lowest BCUT2D eigenvalue weighted by molar-refractivity contribution is -0.143. The van der Waals surface area contributed by atoms with E-state index in [2.05, 4.69) is 5.32 Å². The maximum Gasteiger partial charge on any atom is 0.326 e. The second-order valence-corrected chi connectivity index (χ2v) is 3.83. The Kier molecular flexibility index (Phi) is 8.14. The number of nitrogens with two attached hydrogens (primary N) is 1. The zero-order chi connectivity index (χ0) is 12.2. The van der Waals surface area contributed by atoms with Crippen molar-refractivity contribution in [1.29, 1.82) is 0 Å². The zero-order valence-electron chi connectivity index (χ0n) is 9.51. The molecule has 0 aliphatic carbocycles. The first kappa shape index (κ1) is 17.5. The molecule has 0 bridgehead atoms. The highest BCUT2D eigenvalue weighted by Crippen LogP contribution is 2.02. The van der Waals surface area contributed by atoms with Crippen LogP contribution in [0.25, 0.3) is 0 Å². The summed E-state index contributed by atoms with van der Waals surface area (Å²) < 4.78 is 0. The Morgan fingerprint density at radius 2 is 1.69 bits per heavy atom. The van der Waals surface area contributed by atoms with Gasteiger partial charge in [0, 0.05) is 0 Å². The summed E-state index contributed by atoms with van der Waals surface area (Å²) in [6, 6.07) is -2.09. The average molecular weight is 255 g/mol. The third-order valence-corrected chi connectivity index (χ3v) is 2.05. The third-order valence-electron chi connectivity index (χ3n) is 2.05. The van der Waals surface area contributed by atoms with Crippen LogP contribution in [0, 0.1) is 5.92 Å². The van der Waals surface area contributed by atoms with Crippen LogP contribution >= 0.6 is 12.4 Å². The van der Waals surface area contributed by atoms with Crippen LogP contribution in [0.5, 0.6) is 0 Å². The molecule has 0 aromatic carbocycles. The summed E-state index contributed by atoms with van der Waals surface area (Å²) >= 11 is 0. The predicted molar refractivity (Wildman–Crippen MR) is 61.3 cm³/mol. The van der Waals surface area contributed by atoms with Gasteiger partial charge in [0.2, 0.25) is 5.91 Å². The Bertz CT molecular complexity index is 246. The number of carbonyl (C=O) groups is 2. The Labute approximate surface area is 101 Å². The van der Waals surface area contributed by atoms with Crippen molar-refractivity contribution in [3.8, 4) is 0 Å². The maximum absolute atomic E-state index is 11.3. The van der Waals surface area contributed by atoms with Crippen molar-refractivity contribution in [3.63, 3.8) is 0 Å². The molecule has 0 aromatic rings. The molecule has 7 heteroatoms. The number of rotatable bonds is 5. The van der Waals surface area contributed by atoms with Gasteiger partial charge in [-0.05, 0) is 12.8 Å². The summed E-state index contributed by atoms with van der Waals surface area (Å²) in [4.78, 5) is 22.1. The molecule has 16 heavy (non-hydrogen) atoms. The molecule has 6 nitrogen and oxygen atoms in total. The van der Waals surface area contributed by atoms with Crippen LogP contribution in [0.1, 0.15) is 20.8 Å². The van der Waals surface area contributed by atoms with E-state index in [-0.39, 0.29) is 18.3 Å². The second-order valence-electron chi connectivity index (χ2n) is 3.83. The summed E-state index contributed by atoms with van der Waals surface area (Å²) in [5.41, 5.74) is 5.35. The topological polar surface area (TPSA) is 113 Å². The average Bonchev–Trinajstić information content (AvgIpc) is 2.11. The first-order chi connectivity index (χ1) is 6.77. The molecule has 0 heterocycles. The van der Waals surface area contributed by atoms with E-state index < -0.39 is 30.1 Å². The lowest BCUT2D eigenvalue weighted by Crippen LogP contribution is -2.53. The number of carbonyl (C=O) groups excluding carboxylic acids is 1. The van der Waals surface area contributed by atoms with E-state index in [0.717, 1.165) is 0 Å². The van der Waals surface area contributed by atoms with Crippen LogP contribution in [0.3, 0.4) is 0 Å². The summed E-state index contributed by atoms with van der Waals surface area (Å²) in [5.74, 6) is -2.02. The number of hydrogen-bond donors (Lipinski definition) is 4. The molecule has 96 valence electrons. The minimum absolute atomic E-state index is 0. The number of hydrogen-bond acceptors (Lipinski definition) is 4. The molecule has 0 aliphatic rings. The van der Waals surface area contributed by atoms with Gasteiger partial charge in [0.05, 0.1) is 6.10 Å². The Hall–Kier alpha value is -0.850. The van der Waals surface area contributed by atoms with Gasteiger partial charge in [0.1, 0.15) is 12.1 Å². The molecule has 3 atom stereocenters. The molecule has 3 unspecified atom stereocenters. The predicted octanol–water partition coefficient (Wildman–Crippen LogP) is -0.658. The normalized spacial score (nSPS) is 15.9. The highest BCUT2D eigenvalue weighted by molar-refractivity contribution is 5.87. The zero-order valence-corrected chi connectivity index (χ0v) is 10.3. The number of halogens is 1. The van der Waals surface area contributed by atoms with Gasteiger partial charge in [0.25, 0.3) is 0 Å². The lowest BCUT2D eigenvalue weighted by Gasteiger charge is -2.21. The number of amides is 1. The van der Waals surface area contributed by atoms with Crippen LogP contribution in [0.15, 0.2) is 0 Å². The van der Waals surface area contributed by atoms with Crippen molar-refractivity contribution >= 4 is 24.3 Å². The Morgan fingerprint density at radius 3 is 1.94 bits per heavy atom. The van der Waals surface area contributed by atoms with Crippen molar-refractivity contribution in [1.82, 2.24) is 5.32 Å². The molecule has 0 spiro atoms. The van der Waals surface area contributed by atoms with Gasteiger partial charge in [-0.25, -0.2) is 4.79 Å². The van der Waals surface area contributed by atoms with E-state index in [1.807, 2.05) is 0 Å². The van der Waals surface area contributed by atoms with E-state index in [0.29, 0.717) is 0 Å². The molecule has 5 N–H and O–H groups in total. The van der Waals surface area contributed by atoms with Crippen molar-refractivity contribution in [2.45, 2.75) is 39.0 Å². The SMILES string of the molecule is CC(C)C(NC(=O)C(N)C(C)O)C(=O)O.Cl. The summed E-state index contributed by atoms with van der Waals surface area (Å²) in [6.45, 7) is 4.72. The minimum atomic E-state index is -1.11. The van der Waals surface area contributed by atoms with E-state index in [4.69, 9.17) is 15.9 Å². The highest BCUT2D eigenvalue weighted by atomic mass is 35.5. The van der Waals surface area contributed by atoms with E-state index in [9.17, 15) is 9.59 Å². The van der Waals surface area contributed by atoms with Gasteiger partial charge < -0.3 is 21.3 Å². The fraction of sp³-hybridized carbons (Fsp3) is 0.778. The van der Waals surface area contributed by atoms with Gasteiger partial charge in [-0.15, -0.1) is 12.4 Å². The Morgan fingerprint density at radius 1 is 1.25 bits per heavy atom. The van der Waals surface area contributed by atoms with Gasteiger partial charge in [0.15, 0.2) is 0 Å². The van der Waals surface area contributed by atoms with Gasteiger partial charge in [-0.1, -0.05) is 13.8 Å². The number of carboxylic acids is 1. The molecule has 0 saturated carbocycles. The summed E-state index contributed by atoms with van der Waals surface area (Å²) in [6.07, 6.45) is -1.01. The fourth-order valence-corrected chi connectivity index (χ4v) is 0.982. The number of nitrogens with one attached hydrogen (secondary N) is 1. The molecule has 0 radical (unpaired) electrons. The molecule has 1 amide bonds. The molecular formula is C9H19ClN2O4. The van der Waals surface area contributed by atoms with E-state index in [1.165, 1.54) is 6.92 Å². The van der Waals surface area contributed by atoms with Crippen LogP contribution in [-0.2, 0) is 9.59 Å². The molecule has 0 fully saturated rings.